The highest BCUT2D eigenvalue weighted by Crippen LogP contribution is 2.23. The number of hydrogen-bond donors (Lipinski definition) is 3. The molecule has 0 aromatic heterocycles. The number of carbonyl (C=O) groups excluding carboxylic acids is 1. The number of amides is 2. The van der Waals surface area contributed by atoms with E-state index in [0.717, 1.165) is 11.0 Å². The van der Waals surface area contributed by atoms with Crippen molar-refractivity contribution in [2.45, 2.75) is 6.18 Å². The maximum atomic E-state index is 12.0. The van der Waals surface area contributed by atoms with Crippen LogP contribution in [0.15, 0.2) is 18.2 Å². The highest BCUT2D eigenvalue weighted by atomic mass is 19.4. The van der Waals surface area contributed by atoms with E-state index in [1.165, 1.54) is 19.2 Å². The van der Waals surface area contributed by atoms with Crippen molar-refractivity contribution in [1.82, 2.24) is 5.32 Å². The van der Waals surface area contributed by atoms with Crippen LogP contribution < -0.4 is 16.0 Å². The Morgan fingerprint density at radius 2 is 2.00 bits per heavy atom. The van der Waals surface area contributed by atoms with E-state index in [1.807, 2.05) is 0 Å². The summed E-state index contributed by atoms with van der Waals surface area (Å²) in [5.74, 6) is -1.20. The molecule has 6 nitrogen and oxygen atoms in total. The van der Waals surface area contributed by atoms with Crippen LogP contribution in [0.25, 0.3) is 0 Å². The molecule has 0 unspecified atom stereocenters. The Labute approximate surface area is 112 Å². The lowest BCUT2D eigenvalue weighted by Crippen LogP contribution is -2.42. The Hall–Kier alpha value is -2.45. The molecule has 0 aliphatic heterocycles. The van der Waals surface area contributed by atoms with Crippen molar-refractivity contribution in [2.24, 2.45) is 0 Å². The minimum absolute atomic E-state index is 0.0328. The zero-order valence-electron chi connectivity index (χ0n) is 10.4. The number of carbonyl (C=O) groups is 2. The van der Waals surface area contributed by atoms with Crippen molar-refractivity contribution in [1.29, 1.82) is 0 Å². The monoisotopic (exact) mass is 291 g/mol. The molecule has 0 fully saturated rings. The number of halogens is 3. The molecule has 0 saturated heterocycles. The third kappa shape index (κ3) is 4.04. The van der Waals surface area contributed by atoms with Crippen LogP contribution in [0, 0.1) is 0 Å². The number of aromatic carboxylic acids is 1. The third-order valence-corrected chi connectivity index (χ3v) is 2.38. The number of carboxylic acids is 1. The average Bonchev–Trinajstić information content (AvgIpc) is 2.34. The zero-order valence-corrected chi connectivity index (χ0v) is 10.4. The first-order valence-electron chi connectivity index (χ1n) is 5.33. The summed E-state index contributed by atoms with van der Waals surface area (Å²) in [4.78, 5) is 23.1. The Kier molecular flexibility index (Phi) is 4.43. The number of nitrogens with one attached hydrogen (secondary N) is 1. The molecule has 110 valence electrons. The summed E-state index contributed by atoms with van der Waals surface area (Å²) in [7, 11) is 1.22. The predicted octanol–water partition coefficient (Wildman–Crippen LogP) is 1.68. The topological polar surface area (TPSA) is 95.7 Å². The van der Waals surface area contributed by atoms with Crippen LogP contribution in [-0.2, 0) is 0 Å². The molecule has 1 aromatic carbocycles. The highest BCUT2D eigenvalue weighted by Gasteiger charge is 2.28. The summed E-state index contributed by atoms with van der Waals surface area (Å²) in [5.41, 5.74) is 5.56. The molecular formula is C11H12F3N3O3. The first-order valence-corrected chi connectivity index (χ1v) is 5.33. The van der Waals surface area contributed by atoms with Crippen molar-refractivity contribution in [3.05, 3.63) is 23.8 Å². The van der Waals surface area contributed by atoms with Gasteiger partial charge in [-0.1, -0.05) is 0 Å². The van der Waals surface area contributed by atoms with Gasteiger partial charge in [-0.25, -0.2) is 9.59 Å². The van der Waals surface area contributed by atoms with Gasteiger partial charge in [0.05, 0.1) is 16.9 Å². The van der Waals surface area contributed by atoms with Crippen LogP contribution in [0.3, 0.4) is 0 Å². The van der Waals surface area contributed by atoms with E-state index in [0.29, 0.717) is 0 Å². The second kappa shape index (κ2) is 5.68. The highest BCUT2D eigenvalue weighted by molar-refractivity contribution is 5.97. The van der Waals surface area contributed by atoms with Gasteiger partial charge in [-0.3, -0.25) is 4.90 Å². The molecule has 4 N–H and O–H groups in total. The normalized spacial score (nSPS) is 11.0. The van der Waals surface area contributed by atoms with E-state index in [9.17, 15) is 22.8 Å². The number of hydrogen-bond acceptors (Lipinski definition) is 3. The Bertz CT molecular complexity index is 531. The first kappa shape index (κ1) is 15.6. The minimum atomic E-state index is -4.52. The molecule has 0 radical (unpaired) electrons. The average molecular weight is 291 g/mol. The molecule has 0 atom stereocenters. The van der Waals surface area contributed by atoms with Crippen LogP contribution in [0.5, 0.6) is 0 Å². The van der Waals surface area contributed by atoms with E-state index < -0.39 is 24.7 Å². The minimum Gasteiger partial charge on any atom is -0.478 e. The van der Waals surface area contributed by atoms with Gasteiger partial charge in [0, 0.05) is 7.05 Å². The number of nitrogens with zero attached hydrogens (tertiary/aromatic N) is 1. The van der Waals surface area contributed by atoms with Gasteiger partial charge in [0.25, 0.3) is 0 Å². The van der Waals surface area contributed by atoms with Gasteiger partial charge in [0.2, 0.25) is 0 Å². The third-order valence-electron chi connectivity index (χ3n) is 2.38. The Morgan fingerprint density at radius 1 is 1.40 bits per heavy atom. The zero-order chi connectivity index (χ0) is 15.5. The number of carboxylic acid groups (broad SMARTS) is 1. The second-order valence-electron chi connectivity index (χ2n) is 3.91. The van der Waals surface area contributed by atoms with Crippen LogP contribution in [0.4, 0.5) is 29.3 Å². The molecule has 0 saturated carbocycles. The summed E-state index contributed by atoms with van der Waals surface area (Å²) >= 11 is 0. The number of alkyl halides is 3. The number of anilines is 2. The summed E-state index contributed by atoms with van der Waals surface area (Å²) in [5, 5.41) is 10.4. The number of nitrogen functional groups attached to an aromatic ring is 1. The maximum absolute atomic E-state index is 12.0. The summed E-state index contributed by atoms with van der Waals surface area (Å²) in [6, 6.07) is 2.55. The van der Waals surface area contributed by atoms with E-state index in [1.54, 1.807) is 5.32 Å². The fourth-order valence-electron chi connectivity index (χ4n) is 1.40. The van der Waals surface area contributed by atoms with Crippen molar-refractivity contribution in [3.63, 3.8) is 0 Å². The van der Waals surface area contributed by atoms with Crippen LogP contribution in [-0.4, -0.2) is 36.9 Å². The van der Waals surface area contributed by atoms with Crippen LogP contribution in [0.2, 0.25) is 0 Å². The lowest BCUT2D eigenvalue weighted by atomic mass is 10.1. The van der Waals surface area contributed by atoms with Gasteiger partial charge in [-0.2, -0.15) is 13.2 Å². The number of nitrogens with two attached hydrogens (primary N) is 1. The van der Waals surface area contributed by atoms with Gasteiger partial charge in [-0.05, 0) is 18.2 Å². The molecule has 0 spiro atoms. The van der Waals surface area contributed by atoms with Gasteiger partial charge < -0.3 is 16.2 Å². The van der Waals surface area contributed by atoms with Crippen molar-refractivity contribution >= 4 is 23.4 Å². The number of rotatable bonds is 3. The molecule has 20 heavy (non-hydrogen) atoms. The maximum Gasteiger partial charge on any atom is 0.405 e. The van der Waals surface area contributed by atoms with Crippen molar-refractivity contribution in [2.75, 3.05) is 24.2 Å². The molecule has 0 heterocycles. The summed E-state index contributed by atoms with van der Waals surface area (Å²) < 4.78 is 35.9. The molecular weight excluding hydrogens is 279 g/mol. The largest absolute Gasteiger partial charge is 0.478 e. The van der Waals surface area contributed by atoms with Gasteiger partial charge >= 0.3 is 18.2 Å². The van der Waals surface area contributed by atoms with Gasteiger partial charge in [0.15, 0.2) is 0 Å². The van der Waals surface area contributed by atoms with E-state index in [4.69, 9.17) is 10.8 Å². The van der Waals surface area contributed by atoms with Crippen LogP contribution >= 0.6 is 0 Å². The van der Waals surface area contributed by atoms with Crippen molar-refractivity contribution < 1.29 is 27.9 Å². The van der Waals surface area contributed by atoms with E-state index in [2.05, 4.69) is 0 Å². The fourth-order valence-corrected chi connectivity index (χ4v) is 1.40. The molecule has 0 bridgehead atoms. The van der Waals surface area contributed by atoms with E-state index in [-0.39, 0.29) is 16.9 Å². The Balaban J connectivity index is 2.84. The molecule has 1 aromatic rings. The standard InChI is InChI=1S/C11H12F3N3O3/c1-17(10(20)16-5-11(12,13)14)8-3-2-6(9(18)19)4-7(8)15/h2-4H,5,15H2,1H3,(H,16,20)(H,18,19). The molecule has 2 amide bonds. The van der Waals surface area contributed by atoms with Crippen molar-refractivity contribution in [3.8, 4) is 0 Å². The van der Waals surface area contributed by atoms with Crippen LogP contribution in [0.1, 0.15) is 10.4 Å². The smallest absolute Gasteiger partial charge is 0.405 e. The SMILES string of the molecule is CN(C(=O)NCC(F)(F)F)c1ccc(C(=O)O)cc1N. The molecule has 9 heteroatoms. The Morgan fingerprint density at radius 3 is 2.45 bits per heavy atom. The number of benzene rings is 1. The number of urea groups is 1. The second-order valence-corrected chi connectivity index (χ2v) is 3.91. The first-order chi connectivity index (χ1) is 9.11. The summed E-state index contributed by atoms with van der Waals surface area (Å²) in [6.07, 6.45) is -4.52. The molecule has 1 rings (SSSR count). The summed E-state index contributed by atoms with van der Waals surface area (Å²) in [6.45, 7) is -1.47. The lowest BCUT2D eigenvalue weighted by molar-refractivity contribution is -0.122. The van der Waals surface area contributed by atoms with Gasteiger partial charge in [-0.15, -0.1) is 0 Å². The quantitative estimate of drug-likeness (QED) is 0.738. The fraction of sp³-hybridized carbons (Fsp3) is 0.273. The lowest BCUT2D eigenvalue weighted by Gasteiger charge is -2.20. The van der Waals surface area contributed by atoms with E-state index >= 15 is 0 Å². The predicted molar refractivity (Wildman–Crippen MR) is 65.7 cm³/mol. The molecule has 0 aliphatic rings. The van der Waals surface area contributed by atoms with Gasteiger partial charge in [0.1, 0.15) is 6.54 Å². The molecule has 0 aliphatic carbocycles.